The van der Waals surface area contributed by atoms with Gasteiger partial charge in [0, 0.05) is 17.7 Å². The van der Waals surface area contributed by atoms with Gasteiger partial charge >= 0.3 is 0 Å². The van der Waals surface area contributed by atoms with Gasteiger partial charge in [0.05, 0.1) is 4.90 Å². The average Bonchev–Trinajstić information content (AvgIpc) is 3.36. The van der Waals surface area contributed by atoms with Crippen LogP contribution in [0.25, 0.3) is 0 Å². The standard InChI is InChI=1S/C19H23FN2O3S/c1-11(2)22-13(4)12(3)17(18(22)21-19(23)14-5-6-14)26(24,25)16-9-7-15(20)8-10-16/h7-11,14H,5-6H2,1-4H3,(H,21,23). The molecule has 1 aliphatic carbocycles. The van der Waals surface area contributed by atoms with Gasteiger partial charge < -0.3 is 9.88 Å². The number of aromatic nitrogens is 1. The van der Waals surface area contributed by atoms with Crippen LogP contribution in [0.4, 0.5) is 10.2 Å². The highest BCUT2D eigenvalue weighted by atomic mass is 32.2. The van der Waals surface area contributed by atoms with E-state index < -0.39 is 15.7 Å². The Labute approximate surface area is 153 Å². The van der Waals surface area contributed by atoms with Gasteiger partial charge in [-0.15, -0.1) is 0 Å². The van der Waals surface area contributed by atoms with Crippen LogP contribution in [0.2, 0.25) is 0 Å². The van der Waals surface area contributed by atoms with Gasteiger partial charge in [0.15, 0.2) is 0 Å². The zero-order chi connectivity index (χ0) is 19.2. The van der Waals surface area contributed by atoms with Crippen molar-refractivity contribution in [3.8, 4) is 0 Å². The summed E-state index contributed by atoms with van der Waals surface area (Å²) in [7, 11) is -3.91. The first-order valence-electron chi connectivity index (χ1n) is 8.67. The molecule has 0 radical (unpaired) electrons. The molecule has 140 valence electrons. The lowest BCUT2D eigenvalue weighted by atomic mass is 10.3. The van der Waals surface area contributed by atoms with Crippen LogP contribution < -0.4 is 5.32 Å². The summed E-state index contributed by atoms with van der Waals surface area (Å²) in [4.78, 5) is 12.5. The molecule has 1 aliphatic rings. The fourth-order valence-corrected chi connectivity index (χ4v) is 4.87. The summed E-state index contributed by atoms with van der Waals surface area (Å²) in [6.45, 7) is 7.45. The van der Waals surface area contributed by atoms with Crippen LogP contribution in [0.5, 0.6) is 0 Å². The maximum absolute atomic E-state index is 13.3. The third-order valence-corrected chi connectivity index (χ3v) is 6.73. The number of halogens is 1. The number of nitrogens with one attached hydrogen (secondary N) is 1. The minimum Gasteiger partial charge on any atom is -0.328 e. The fraction of sp³-hybridized carbons (Fsp3) is 0.421. The van der Waals surface area contributed by atoms with E-state index in [-0.39, 0.29) is 27.7 Å². The first-order valence-corrected chi connectivity index (χ1v) is 10.2. The van der Waals surface area contributed by atoms with Crippen LogP contribution in [0.15, 0.2) is 34.1 Å². The Bertz CT molecular complexity index is 956. The first kappa shape index (κ1) is 18.6. The molecule has 0 atom stereocenters. The van der Waals surface area contributed by atoms with E-state index in [4.69, 9.17) is 0 Å². The van der Waals surface area contributed by atoms with E-state index in [0.29, 0.717) is 11.4 Å². The Hall–Kier alpha value is -2.15. The maximum Gasteiger partial charge on any atom is 0.228 e. The molecule has 0 unspecified atom stereocenters. The van der Waals surface area contributed by atoms with Crippen molar-refractivity contribution in [3.63, 3.8) is 0 Å². The second kappa shape index (κ2) is 6.54. The van der Waals surface area contributed by atoms with Gasteiger partial charge in [0.2, 0.25) is 15.7 Å². The number of sulfone groups is 1. The molecule has 1 saturated carbocycles. The Morgan fingerprint density at radius 3 is 2.27 bits per heavy atom. The van der Waals surface area contributed by atoms with Gasteiger partial charge in [-0.3, -0.25) is 4.79 Å². The van der Waals surface area contributed by atoms with Crippen molar-refractivity contribution in [2.24, 2.45) is 5.92 Å². The molecule has 7 heteroatoms. The Morgan fingerprint density at radius 1 is 1.19 bits per heavy atom. The Kier molecular flexibility index (Phi) is 4.69. The Balaban J connectivity index is 2.20. The van der Waals surface area contributed by atoms with E-state index in [2.05, 4.69) is 5.32 Å². The lowest BCUT2D eigenvalue weighted by Gasteiger charge is -2.17. The topological polar surface area (TPSA) is 68.2 Å². The predicted molar refractivity (Wildman–Crippen MR) is 97.5 cm³/mol. The molecular formula is C19H23FN2O3S. The third-order valence-electron chi connectivity index (χ3n) is 4.80. The molecule has 0 bridgehead atoms. The van der Waals surface area contributed by atoms with Gasteiger partial charge in [0.25, 0.3) is 0 Å². The van der Waals surface area contributed by atoms with Crippen molar-refractivity contribution >= 4 is 21.6 Å². The summed E-state index contributed by atoms with van der Waals surface area (Å²) in [5.41, 5.74) is 1.38. The summed E-state index contributed by atoms with van der Waals surface area (Å²) in [5, 5.41) is 2.84. The van der Waals surface area contributed by atoms with Crippen LogP contribution in [0, 0.1) is 25.6 Å². The summed E-state index contributed by atoms with van der Waals surface area (Å²) in [6, 6.07) is 4.71. The number of benzene rings is 1. The first-order chi connectivity index (χ1) is 12.1. The molecule has 1 amide bonds. The van der Waals surface area contributed by atoms with Gasteiger partial charge in [-0.1, -0.05) is 0 Å². The van der Waals surface area contributed by atoms with Crippen molar-refractivity contribution in [2.45, 2.75) is 56.4 Å². The number of hydrogen-bond acceptors (Lipinski definition) is 3. The van der Waals surface area contributed by atoms with Crippen molar-refractivity contribution < 1.29 is 17.6 Å². The van der Waals surface area contributed by atoms with Crippen molar-refractivity contribution in [1.29, 1.82) is 0 Å². The molecule has 26 heavy (non-hydrogen) atoms. The van der Waals surface area contributed by atoms with Gasteiger partial charge in [-0.25, -0.2) is 12.8 Å². The molecule has 1 aromatic heterocycles. The molecule has 1 heterocycles. The SMILES string of the molecule is Cc1c(S(=O)(=O)c2ccc(F)cc2)c(NC(=O)C2CC2)n(C(C)C)c1C. The molecule has 3 rings (SSSR count). The number of nitrogens with zero attached hydrogens (tertiary/aromatic N) is 1. The summed E-state index contributed by atoms with van der Waals surface area (Å²) >= 11 is 0. The average molecular weight is 378 g/mol. The van der Waals surface area contributed by atoms with Crippen molar-refractivity contribution in [3.05, 3.63) is 41.3 Å². The minimum absolute atomic E-state index is 0.00447. The maximum atomic E-state index is 13.3. The van der Waals surface area contributed by atoms with E-state index in [1.165, 1.54) is 12.1 Å². The second-order valence-corrected chi connectivity index (χ2v) is 8.96. The van der Waals surface area contributed by atoms with Crippen molar-refractivity contribution in [2.75, 3.05) is 5.32 Å². The highest BCUT2D eigenvalue weighted by Gasteiger charge is 2.35. The number of hydrogen-bond donors (Lipinski definition) is 1. The smallest absolute Gasteiger partial charge is 0.228 e. The number of carbonyl (C=O) groups excluding carboxylic acids is 1. The molecule has 2 aromatic rings. The summed E-state index contributed by atoms with van der Waals surface area (Å²) in [6.07, 6.45) is 1.65. The monoisotopic (exact) mass is 378 g/mol. The number of anilines is 1. The van der Waals surface area contributed by atoms with E-state index in [0.717, 1.165) is 30.7 Å². The fourth-order valence-electron chi connectivity index (χ4n) is 3.19. The van der Waals surface area contributed by atoms with Crippen LogP contribution in [-0.4, -0.2) is 18.9 Å². The molecular weight excluding hydrogens is 355 g/mol. The zero-order valence-corrected chi connectivity index (χ0v) is 16.2. The number of amides is 1. The summed E-state index contributed by atoms with van der Waals surface area (Å²) in [5.74, 6) is -0.400. The van der Waals surface area contributed by atoms with Crippen LogP contribution in [0.3, 0.4) is 0 Å². The quantitative estimate of drug-likeness (QED) is 0.800. The minimum atomic E-state index is -3.91. The second-order valence-electron chi connectivity index (χ2n) is 7.07. The lowest BCUT2D eigenvalue weighted by Crippen LogP contribution is -2.19. The van der Waals surface area contributed by atoms with E-state index in [1.807, 2.05) is 25.3 Å². The lowest BCUT2D eigenvalue weighted by molar-refractivity contribution is -0.117. The number of carbonyl (C=O) groups is 1. The molecule has 1 aromatic carbocycles. The van der Waals surface area contributed by atoms with Crippen LogP contribution >= 0.6 is 0 Å². The molecule has 0 aliphatic heterocycles. The van der Waals surface area contributed by atoms with E-state index in [9.17, 15) is 17.6 Å². The van der Waals surface area contributed by atoms with Gasteiger partial charge in [-0.05, 0) is 70.4 Å². The van der Waals surface area contributed by atoms with Crippen LogP contribution in [0.1, 0.15) is 44.0 Å². The van der Waals surface area contributed by atoms with E-state index in [1.54, 1.807) is 6.92 Å². The molecule has 0 saturated heterocycles. The number of rotatable bonds is 5. The molecule has 0 spiro atoms. The van der Waals surface area contributed by atoms with Crippen LogP contribution in [-0.2, 0) is 14.6 Å². The third kappa shape index (κ3) is 3.16. The van der Waals surface area contributed by atoms with Gasteiger partial charge in [0.1, 0.15) is 16.5 Å². The normalized spacial score (nSPS) is 14.7. The highest BCUT2D eigenvalue weighted by molar-refractivity contribution is 7.91. The van der Waals surface area contributed by atoms with E-state index >= 15 is 0 Å². The Morgan fingerprint density at radius 2 is 1.77 bits per heavy atom. The molecule has 1 fully saturated rings. The van der Waals surface area contributed by atoms with Crippen molar-refractivity contribution in [1.82, 2.24) is 4.57 Å². The highest BCUT2D eigenvalue weighted by Crippen LogP contribution is 2.39. The predicted octanol–water partition coefficient (Wildman–Crippen LogP) is 4.01. The largest absolute Gasteiger partial charge is 0.328 e. The summed E-state index contributed by atoms with van der Waals surface area (Å²) < 4.78 is 41.6. The molecule has 5 nitrogen and oxygen atoms in total. The van der Waals surface area contributed by atoms with Gasteiger partial charge in [-0.2, -0.15) is 0 Å². The zero-order valence-electron chi connectivity index (χ0n) is 15.3. The molecule has 1 N–H and O–H groups in total.